The zero-order valence-electron chi connectivity index (χ0n) is 12.9. The van der Waals surface area contributed by atoms with Crippen LogP contribution >= 0.6 is 11.3 Å². The van der Waals surface area contributed by atoms with Gasteiger partial charge in [-0.05, 0) is 59.6 Å². The minimum atomic E-state index is 0.323. The number of likely N-dealkylation sites (tertiary alicyclic amines) is 1. The van der Waals surface area contributed by atoms with Gasteiger partial charge in [-0.1, -0.05) is 30.3 Å². The number of nitrogens with zero attached hydrogens (tertiary/aromatic N) is 1. The van der Waals surface area contributed by atoms with E-state index in [2.05, 4.69) is 52.1 Å². The molecule has 0 atom stereocenters. The van der Waals surface area contributed by atoms with Crippen molar-refractivity contribution in [2.24, 2.45) is 5.92 Å². The lowest BCUT2D eigenvalue weighted by Gasteiger charge is -2.32. The molecule has 2 nitrogen and oxygen atoms in total. The third kappa shape index (κ3) is 4.20. The number of carbonyl (C=O) groups excluding carboxylic acids is 1. The Hall–Kier alpha value is -1.61. The number of amides is 1. The van der Waals surface area contributed by atoms with Gasteiger partial charge in [0.25, 0.3) is 0 Å². The average molecular weight is 313 g/mol. The lowest BCUT2D eigenvalue weighted by molar-refractivity contribution is -0.132. The van der Waals surface area contributed by atoms with Gasteiger partial charge in [0, 0.05) is 19.5 Å². The maximum Gasteiger partial charge on any atom is 0.222 e. The van der Waals surface area contributed by atoms with Gasteiger partial charge >= 0.3 is 0 Å². The molecule has 0 radical (unpaired) electrons. The Labute approximate surface area is 136 Å². The molecule has 2 aromatic rings. The predicted octanol–water partition coefficient (Wildman–Crippen LogP) is 4.16. The van der Waals surface area contributed by atoms with Crippen molar-refractivity contribution >= 4 is 17.2 Å². The van der Waals surface area contributed by atoms with Gasteiger partial charge in [0.1, 0.15) is 0 Å². The first-order valence-corrected chi connectivity index (χ1v) is 9.08. The summed E-state index contributed by atoms with van der Waals surface area (Å²) in [5.41, 5.74) is 2.71. The van der Waals surface area contributed by atoms with E-state index in [9.17, 15) is 4.79 Å². The molecule has 1 aliphatic rings. The van der Waals surface area contributed by atoms with Gasteiger partial charge < -0.3 is 4.90 Å². The molecule has 0 saturated carbocycles. The highest BCUT2D eigenvalue weighted by atomic mass is 32.1. The van der Waals surface area contributed by atoms with E-state index in [1.54, 1.807) is 11.3 Å². The van der Waals surface area contributed by atoms with E-state index in [4.69, 9.17) is 0 Å². The van der Waals surface area contributed by atoms with Crippen LogP contribution in [-0.4, -0.2) is 23.9 Å². The molecule has 1 aromatic heterocycles. The zero-order chi connectivity index (χ0) is 15.2. The Balaban J connectivity index is 1.42. The molecule has 0 bridgehead atoms. The fourth-order valence-electron chi connectivity index (χ4n) is 3.18. The SMILES string of the molecule is O=C(CCc1ccsc1)N1CCC(Cc2ccccc2)CC1. The van der Waals surface area contributed by atoms with E-state index >= 15 is 0 Å². The summed E-state index contributed by atoms with van der Waals surface area (Å²) in [6.45, 7) is 1.86. The summed E-state index contributed by atoms with van der Waals surface area (Å²) >= 11 is 1.70. The molecule has 0 N–H and O–H groups in total. The first-order valence-electron chi connectivity index (χ1n) is 8.14. The third-order valence-corrected chi connectivity index (χ3v) is 5.27. The Bertz CT molecular complexity index is 571. The molecular weight excluding hydrogens is 290 g/mol. The van der Waals surface area contributed by atoms with Crippen LogP contribution in [0.4, 0.5) is 0 Å². The van der Waals surface area contributed by atoms with E-state index in [0.29, 0.717) is 12.3 Å². The van der Waals surface area contributed by atoms with Gasteiger partial charge in [-0.2, -0.15) is 11.3 Å². The van der Waals surface area contributed by atoms with Crippen LogP contribution in [-0.2, 0) is 17.6 Å². The summed E-state index contributed by atoms with van der Waals surface area (Å²) in [4.78, 5) is 14.4. The largest absolute Gasteiger partial charge is 0.343 e. The van der Waals surface area contributed by atoms with Gasteiger partial charge in [0.05, 0.1) is 0 Å². The number of piperidine rings is 1. The van der Waals surface area contributed by atoms with Crippen molar-refractivity contribution in [1.82, 2.24) is 4.90 Å². The van der Waals surface area contributed by atoms with Crippen molar-refractivity contribution in [2.75, 3.05) is 13.1 Å². The molecule has 0 aliphatic carbocycles. The lowest BCUT2D eigenvalue weighted by Crippen LogP contribution is -2.39. The smallest absolute Gasteiger partial charge is 0.222 e. The van der Waals surface area contributed by atoms with Gasteiger partial charge in [-0.25, -0.2) is 0 Å². The Morgan fingerprint density at radius 2 is 1.86 bits per heavy atom. The van der Waals surface area contributed by atoms with Crippen molar-refractivity contribution in [2.45, 2.75) is 32.1 Å². The summed E-state index contributed by atoms with van der Waals surface area (Å²) in [6.07, 6.45) is 4.96. The average Bonchev–Trinajstić information content (AvgIpc) is 3.08. The molecule has 3 heteroatoms. The molecule has 1 aliphatic heterocycles. The van der Waals surface area contributed by atoms with Crippen LogP contribution < -0.4 is 0 Å². The van der Waals surface area contributed by atoms with Crippen LogP contribution in [0.3, 0.4) is 0 Å². The monoisotopic (exact) mass is 313 g/mol. The van der Waals surface area contributed by atoms with Crippen LogP contribution in [0.2, 0.25) is 0 Å². The molecule has 3 rings (SSSR count). The first-order chi connectivity index (χ1) is 10.8. The molecule has 0 spiro atoms. The van der Waals surface area contributed by atoms with Crippen molar-refractivity contribution in [1.29, 1.82) is 0 Å². The van der Waals surface area contributed by atoms with Crippen molar-refractivity contribution in [3.05, 3.63) is 58.3 Å². The van der Waals surface area contributed by atoms with Gasteiger partial charge in [0.15, 0.2) is 0 Å². The van der Waals surface area contributed by atoms with Gasteiger partial charge in [0.2, 0.25) is 5.91 Å². The summed E-state index contributed by atoms with van der Waals surface area (Å²) in [6, 6.07) is 12.8. The third-order valence-electron chi connectivity index (χ3n) is 4.54. The normalized spacial score (nSPS) is 15.9. The first kappa shape index (κ1) is 15.3. The topological polar surface area (TPSA) is 20.3 Å². The maximum absolute atomic E-state index is 12.3. The number of hydrogen-bond donors (Lipinski definition) is 0. The van der Waals surface area contributed by atoms with Crippen LogP contribution in [0.15, 0.2) is 47.2 Å². The summed E-state index contributed by atoms with van der Waals surface area (Å²) < 4.78 is 0. The quantitative estimate of drug-likeness (QED) is 0.811. The van der Waals surface area contributed by atoms with Crippen molar-refractivity contribution < 1.29 is 4.79 Å². The Morgan fingerprint density at radius 3 is 2.55 bits per heavy atom. The van der Waals surface area contributed by atoms with Crippen LogP contribution in [0.25, 0.3) is 0 Å². The number of thiophene rings is 1. The lowest BCUT2D eigenvalue weighted by atomic mass is 9.90. The molecule has 116 valence electrons. The van der Waals surface area contributed by atoms with Crippen molar-refractivity contribution in [3.8, 4) is 0 Å². The van der Waals surface area contributed by atoms with E-state index in [1.807, 2.05) is 0 Å². The molecular formula is C19H23NOS. The number of carbonyl (C=O) groups is 1. The van der Waals surface area contributed by atoms with E-state index in [-0.39, 0.29) is 0 Å². The molecule has 1 aromatic carbocycles. The fraction of sp³-hybridized carbons (Fsp3) is 0.421. The van der Waals surface area contributed by atoms with Gasteiger partial charge in [-0.3, -0.25) is 4.79 Å². The molecule has 0 unspecified atom stereocenters. The van der Waals surface area contributed by atoms with E-state index < -0.39 is 0 Å². The molecule has 22 heavy (non-hydrogen) atoms. The molecule has 1 saturated heterocycles. The number of rotatable bonds is 5. The summed E-state index contributed by atoms with van der Waals surface area (Å²) in [5, 5.41) is 4.22. The number of benzene rings is 1. The van der Waals surface area contributed by atoms with E-state index in [0.717, 1.165) is 44.7 Å². The Morgan fingerprint density at radius 1 is 1.09 bits per heavy atom. The highest BCUT2D eigenvalue weighted by Gasteiger charge is 2.22. The fourth-order valence-corrected chi connectivity index (χ4v) is 3.88. The van der Waals surface area contributed by atoms with E-state index in [1.165, 1.54) is 11.1 Å². The molecule has 1 amide bonds. The van der Waals surface area contributed by atoms with Crippen LogP contribution in [0.5, 0.6) is 0 Å². The van der Waals surface area contributed by atoms with Crippen molar-refractivity contribution in [3.63, 3.8) is 0 Å². The van der Waals surface area contributed by atoms with Crippen LogP contribution in [0.1, 0.15) is 30.4 Å². The number of hydrogen-bond acceptors (Lipinski definition) is 2. The highest BCUT2D eigenvalue weighted by Crippen LogP contribution is 2.22. The standard InChI is InChI=1S/C19H23NOS/c21-19(7-6-18-10-13-22-15-18)20-11-8-17(9-12-20)14-16-4-2-1-3-5-16/h1-5,10,13,15,17H,6-9,11-12,14H2. The molecule has 2 heterocycles. The van der Waals surface area contributed by atoms with Crippen LogP contribution in [0, 0.1) is 5.92 Å². The summed E-state index contributed by atoms with van der Waals surface area (Å²) in [7, 11) is 0. The van der Waals surface area contributed by atoms with Gasteiger partial charge in [-0.15, -0.1) is 0 Å². The second-order valence-corrected chi connectivity index (χ2v) is 6.93. The predicted molar refractivity (Wildman–Crippen MR) is 92.1 cm³/mol. The highest BCUT2D eigenvalue weighted by molar-refractivity contribution is 7.07. The minimum absolute atomic E-state index is 0.323. The Kier molecular flexibility index (Phi) is 5.28. The number of aryl methyl sites for hydroxylation is 1. The zero-order valence-corrected chi connectivity index (χ0v) is 13.7. The summed E-state index contributed by atoms with van der Waals surface area (Å²) in [5.74, 6) is 1.05. The molecule has 1 fully saturated rings. The second-order valence-electron chi connectivity index (χ2n) is 6.15. The second kappa shape index (κ2) is 7.59. The maximum atomic E-state index is 12.3. The minimum Gasteiger partial charge on any atom is -0.343 e.